The molecule has 56 heavy (non-hydrogen) atoms. The molecule has 0 radical (unpaired) electrons. The van der Waals surface area contributed by atoms with E-state index >= 15 is 0 Å². The second-order valence-electron chi connectivity index (χ2n) is 13.5. The zero-order chi connectivity index (χ0) is 39.9. The van der Waals surface area contributed by atoms with Gasteiger partial charge < -0.3 is 38.4 Å². The number of aromatic amines is 2. The van der Waals surface area contributed by atoms with Crippen molar-refractivity contribution in [2.45, 2.75) is 80.1 Å². The summed E-state index contributed by atoms with van der Waals surface area (Å²) in [4.78, 5) is 35.3. The number of benzene rings is 3. The highest BCUT2D eigenvalue weighted by Crippen LogP contribution is 2.44. The fraction of sp³-hybridized carbons (Fsp3) is 0.391. The molecule has 3 aromatic carbocycles. The van der Waals surface area contributed by atoms with Crippen molar-refractivity contribution in [2.75, 3.05) is 39.6 Å². The highest BCUT2D eigenvalue weighted by atomic mass is 16.5. The minimum Gasteiger partial charge on any atom is -0.494 e. The van der Waals surface area contributed by atoms with Crippen LogP contribution in [-0.4, -0.2) is 61.2 Å². The van der Waals surface area contributed by atoms with Crippen LogP contribution in [0.25, 0.3) is 22.3 Å². The maximum absolute atomic E-state index is 14.5. The average Bonchev–Trinajstić information content (AvgIpc) is 3.92. The Morgan fingerprint density at radius 2 is 0.732 bits per heavy atom. The molecule has 0 saturated carbocycles. The quantitative estimate of drug-likeness (QED) is 0.0596. The highest BCUT2D eigenvalue weighted by Gasteiger charge is 2.27. The van der Waals surface area contributed by atoms with Gasteiger partial charge in [0, 0.05) is 58.2 Å². The van der Waals surface area contributed by atoms with Crippen LogP contribution in [0.15, 0.2) is 73.3 Å². The fourth-order valence-corrected chi connectivity index (χ4v) is 6.15. The van der Waals surface area contributed by atoms with Crippen molar-refractivity contribution in [3.63, 3.8) is 0 Å². The molecular weight excluding hydrogens is 709 g/mol. The lowest BCUT2D eigenvalue weighted by molar-refractivity contribution is 0.102. The van der Waals surface area contributed by atoms with Gasteiger partial charge in [0.25, 0.3) is 0 Å². The second-order valence-corrected chi connectivity index (χ2v) is 13.5. The number of ether oxygens (including phenoxy) is 6. The van der Waals surface area contributed by atoms with Gasteiger partial charge in [-0.15, -0.1) is 0 Å². The van der Waals surface area contributed by atoms with Crippen molar-refractivity contribution >= 4 is 11.6 Å². The summed E-state index contributed by atoms with van der Waals surface area (Å²) >= 11 is 0. The molecule has 5 rings (SSSR count). The number of carbonyl (C=O) groups is 2. The van der Waals surface area contributed by atoms with Gasteiger partial charge in [0.1, 0.15) is 34.5 Å². The number of aromatic nitrogens is 2. The Morgan fingerprint density at radius 1 is 0.393 bits per heavy atom. The van der Waals surface area contributed by atoms with Crippen LogP contribution >= 0.6 is 0 Å². The number of nitrogens with one attached hydrogen (secondary N) is 2. The Hall–Kier alpha value is -5.64. The molecule has 10 heteroatoms. The lowest BCUT2D eigenvalue weighted by atomic mass is 9.92. The monoisotopic (exact) mass is 764 g/mol. The van der Waals surface area contributed by atoms with Crippen molar-refractivity contribution in [3.8, 4) is 56.8 Å². The Labute approximate surface area is 330 Å². The summed E-state index contributed by atoms with van der Waals surface area (Å²) in [5, 5.41) is 0. The molecule has 2 N–H and O–H groups in total. The minimum absolute atomic E-state index is 0.222. The molecule has 0 aliphatic rings. The van der Waals surface area contributed by atoms with E-state index < -0.39 is 0 Å². The van der Waals surface area contributed by atoms with E-state index in [2.05, 4.69) is 9.97 Å². The number of rotatable bonds is 24. The van der Waals surface area contributed by atoms with E-state index in [9.17, 15) is 9.59 Å². The van der Waals surface area contributed by atoms with Crippen molar-refractivity contribution in [1.29, 1.82) is 0 Å². The van der Waals surface area contributed by atoms with E-state index in [4.69, 9.17) is 28.4 Å². The Morgan fingerprint density at radius 3 is 1.09 bits per heavy atom. The van der Waals surface area contributed by atoms with Crippen molar-refractivity contribution < 1.29 is 38.0 Å². The molecule has 0 fully saturated rings. The third-order valence-corrected chi connectivity index (χ3v) is 8.83. The van der Waals surface area contributed by atoms with Gasteiger partial charge in [-0.3, -0.25) is 9.59 Å². The van der Waals surface area contributed by atoms with E-state index in [1.165, 1.54) is 0 Å². The van der Waals surface area contributed by atoms with Crippen LogP contribution in [0.2, 0.25) is 0 Å². The standard InChI is InChI=1S/C46H56N2O8/c1-7-17-51-31-13-15-41(53-19-9-3)35(23-31)45(49)39-29-47-27-37(39)33-25-44(56-22-12-6)34(26-43(33)55-21-11-5)38-28-48-30-40(38)46(50)36-24-32(52-18-8-2)14-16-42(36)54-20-10-4/h13-16,23-30,47-48H,7-12,17-22H2,1-6H3. The van der Waals surface area contributed by atoms with Crippen LogP contribution in [0.5, 0.6) is 34.5 Å². The van der Waals surface area contributed by atoms with Crippen LogP contribution in [0.4, 0.5) is 0 Å². The minimum atomic E-state index is -0.222. The Kier molecular flexibility index (Phi) is 15.5. The summed E-state index contributed by atoms with van der Waals surface area (Å²) in [6.07, 6.45) is 11.8. The first-order chi connectivity index (χ1) is 27.4. The molecule has 0 atom stereocenters. The topological polar surface area (TPSA) is 121 Å². The van der Waals surface area contributed by atoms with Gasteiger partial charge in [-0.2, -0.15) is 0 Å². The molecule has 0 unspecified atom stereocenters. The molecule has 0 saturated heterocycles. The third kappa shape index (κ3) is 9.96. The summed E-state index contributed by atoms with van der Waals surface area (Å²) in [6, 6.07) is 14.6. The smallest absolute Gasteiger partial charge is 0.199 e. The van der Waals surface area contributed by atoms with Crippen LogP contribution in [0.3, 0.4) is 0 Å². The normalized spacial score (nSPS) is 11.0. The predicted molar refractivity (Wildman–Crippen MR) is 220 cm³/mol. The Balaban J connectivity index is 1.63. The van der Waals surface area contributed by atoms with E-state index in [0.29, 0.717) is 119 Å². The third-order valence-electron chi connectivity index (χ3n) is 8.83. The zero-order valence-electron chi connectivity index (χ0n) is 33.7. The first-order valence-corrected chi connectivity index (χ1v) is 20.0. The largest absolute Gasteiger partial charge is 0.494 e. The van der Waals surface area contributed by atoms with Gasteiger partial charge >= 0.3 is 0 Å². The van der Waals surface area contributed by atoms with Gasteiger partial charge in [0.05, 0.1) is 50.8 Å². The highest BCUT2D eigenvalue weighted by molar-refractivity contribution is 6.16. The summed E-state index contributed by atoms with van der Waals surface area (Å²) in [6.45, 7) is 15.1. The predicted octanol–water partition coefficient (Wildman–Crippen LogP) is 10.9. The molecule has 0 bridgehead atoms. The first-order valence-electron chi connectivity index (χ1n) is 20.0. The summed E-state index contributed by atoms with van der Waals surface area (Å²) in [5.74, 6) is 2.83. The Bertz CT molecular complexity index is 1900. The number of hydrogen-bond donors (Lipinski definition) is 2. The van der Waals surface area contributed by atoms with Gasteiger partial charge in [-0.25, -0.2) is 0 Å². The van der Waals surface area contributed by atoms with Crippen molar-refractivity contribution in [1.82, 2.24) is 9.97 Å². The van der Waals surface area contributed by atoms with E-state index in [1.54, 1.807) is 49.1 Å². The molecule has 0 spiro atoms. The van der Waals surface area contributed by atoms with Crippen molar-refractivity contribution in [2.24, 2.45) is 0 Å². The molecule has 298 valence electrons. The molecule has 2 aromatic heterocycles. The van der Waals surface area contributed by atoms with E-state index in [-0.39, 0.29) is 11.6 Å². The maximum atomic E-state index is 14.5. The SMILES string of the molecule is CCCOc1ccc(OCCC)c(C(=O)c2c[nH]cc2-c2cc(OCCC)c(-c3c[nH]cc3C(=O)c3cc(OCCC)ccc3OCCC)cc2OCCC)c1. The van der Waals surface area contributed by atoms with Crippen LogP contribution in [0, 0.1) is 0 Å². The van der Waals surface area contributed by atoms with Gasteiger partial charge in [-0.05, 0) is 87.1 Å². The number of H-pyrrole nitrogens is 2. The maximum Gasteiger partial charge on any atom is 0.199 e. The van der Waals surface area contributed by atoms with Crippen LogP contribution in [0.1, 0.15) is 112 Å². The molecule has 0 amide bonds. The van der Waals surface area contributed by atoms with Crippen LogP contribution < -0.4 is 28.4 Å². The molecule has 0 aliphatic heterocycles. The number of hydrogen-bond acceptors (Lipinski definition) is 8. The molecular formula is C46H56N2O8. The molecule has 5 aromatic rings. The van der Waals surface area contributed by atoms with Gasteiger partial charge in [0.2, 0.25) is 0 Å². The van der Waals surface area contributed by atoms with Gasteiger partial charge in [0.15, 0.2) is 11.6 Å². The fourth-order valence-electron chi connectivity index (χ4n) is 6.15. The molecule has 2 heterocycles. The molecule has 0 aliphatic carbocycles. The van der Waals surface area contributed by atoms with Crippen molar-refractivity contribution in [3.05, 3.63) is 95.6 Å². The lowest BCUT2D eigenvalue weighted by Gasteiger charge is -2.19. The van der Waals surface area contributed by atoms with Crippen LogP contribution in [-0.2, 0) is 0 Å². The number of carbonyl (C=O) groups excluding carboxylic acids is 2. The zero-order valence-corrected chi connectivity index (χ0v) is 33.7. The first kappa shape index (κ1) is 41.5. The summed E-state index contributed by atoms with van der Waals surface area (Å²) < 4.78 is 36.8. The number of ketones is 2. The summed E-state index contributed by atoms with van der Waals surface area (Å²) in [7, 11) is 0. The average molecular weight is 765 g/mol. The summed E-state index contributed by atoms with van der Waals surface area (Å²) in [5.41, 5.74) is 4.33. The van der Waals surface area contributed by atoms with E-state index in [0.717, 1.165) is 38.5 Å². The second kappa shape index (κ2) is 20.9. The lowest BCUT2D eigenvalue weighted by Crippen LogP contribution is -2.09. The molecule has 10 nitrogen and oxygen atoms in total. The van der Waals surface area contributed by atoms with Gasteiger partial charge in [-0.1, -0.05) is 41.5 Å². The van der Waals surface area contributed by atoms with E-state index in [1.807, 2.05) is 65.8 Å².